The standard InChI is InChI=1S/C13H18BrClO/c1-5-13(2,3)12(15)9-6-7-11(16-4)10(14)8-9/h6-8,12H,5H2,1-4H3. The van der Waals surface area contributed by atoms with Crippen LogP contribution < -0.4 is 4.74 Å². The maximum absolute atomic E-state index is 6.50. The number of rotatable bonds is 4. The Morgan fingerprint density at radius 3 is 2.50 bits per heavy atom. The molecule has 0 heterocycles. The molecule has 1 nitrogen and oxygen atoms in total. The summed E-state index contributed by atoms with van der Waals surface area (Å²) in [5.41, 5.74) is 1.22. The molecule has 0 spiro atoms. The van der Waals surface area contributed by atoms with Crippen molar-refractivity contribution in [3.63, 3.8) is 0 Å². The van der Waals surface area contributed by atoms with Crippen molar-refractivity contribution < 1.29 is 4.74 Å². The summed E-state index contributed by atoms with van der Waals surface area (Å²) in [6.45, 7) is 6.53. The zero-order valence-corrected chi connectivity index (χ0v) is 12.5. The third kappa shape index (κ3) is 2.92. The molecule has 1 atom stereocenters. The molecule has 0 saturated heterocycles. The summed E-state index contributed by atoms with van der Waals surface area (Å²) in [4.78, 5) is 0. The summed E-state index contributed by atoms with van der Waals surface area (Å²) in [5.74, 6) is 0.835. The molecule has 0 aliphatic carbocycles. The van der Waals surface area contributed by atoms with Crippen LogP contribution in [0.4, 0.5) is 0 Å². The smallest absolute Gasteiger partial charge is 0.133 e. The first-order valence-corrected chi connectivity index (χ1v) is 6.63. The molecule has 0 amide bonds. The molecule has 1 unspecified atom stereocenters. The third-order valence-electron chi connectivity index (χ3n) is 3.07. The van der Waals surface area contributed by atoms with E-state index in [9.17, 15) is 0 Å². The van der Waals surface area contributed by atoms with E-state index in [1.54, 1.807) is 7.11 Å². The van der Waals surface area contributed by atoms with Crippen molar-refractivity contribution in [3.8, 4) is 5.75 Å². The van der Waals surface area contributed by atoms with E-state index >= 15 is 0 Å². The Bertz CT molecular complexity index is 363. The van der Waals surface area contributed by atoms with Crippen molar-refractivity contribution in [2.24, 2.45) is 5.41 Å². The van der Waals surface area contributed by atoms with Crippen molar-refractivity contribution in [1.29, 1.82) is 0 Å². The van der Waals surface area contributed by atoms with Gasteiger partial charge in [0, 0.05) is 0 Å². The molecule has 16 heavy (non-hydrogen) atoms. The van der Waals surface area contributed by atoms with Gasteiger partial charge in [-0.3, -0.25) is 0 Å². The van der Waals surface area contributed by atoms with Crippen molar-refractivity contribution in [1.82, 2.24) is 0 Å². The number of hydrogen-bond acceptors (Lipinski definition) is 1. The van der Waals surface area contributed by atoms with Crippen LogP contribution in [0.1, 0.15) is 38.1 Å². The lowest BCUT2D eigenvalue weighted by Gasteiger charge is -2.29. The van der Waals surface area contributed by atoms with Gasteiger partial charge in [-0.25, -0.2) is 0 Å². The van der Waals surface area contributed by atoms with Crippen LogP contribution in [0.3, 0.4) is 0 Å². The average Bonchev–Trinajstić information content (AvgIpc) is 2.27. The molecule has 1 rings (SSSR count). The third-order valence-corrected chi connectivity index (χ3v) is 4.53. The fourth-order valence-corrected chi connectivity index (χ4v) is 2.32. The van der Waals surface area contributed by atoms with Gasteiger partial charge in [0.2, 0.25) is 0 Å². The molecule has 0 bridgehead atoms. The van der Waals surface area contributed by atoms with E-state index in [1.807, 2.05) is 18.2 Å². The number of ether oxygens (including phenoxy) is 1. The molecular weight excluding hydrogens is 287 g/mol. The Morgan fingerprint density at radius 2 is 2.06 bits per heavy atom. The zero-order chi connectivity index (χ0) is 12.3. The minimum absolute atomic E-state index is 0.0136. The van der Waals surface area contributed by atoms with Crippen LogP contribution in [0.15, 0.2) is 22.7 Å². The molecule has 0 aliphatic heterocycles. The van der Waals surface area contributed by atoms with Crippen LogP contribution in [0.2, 0.25) is 0 Å². The highest BCUT2D eigenvalue weighted by Gasteiger charge is 2.27. The minimum Gasteiger partial charge on any atom is -0.496 e. The van der Waals surface area contributed by atoms with Crippen LogP contribution in [-0.2, 0) is 0 Å². The van der Waals surface area contributed by atoms with Gasteiger partial charge in [-0.2, -0.15) is 0 Å². The second-order valence-corrected chi connectivity index (χ2v) is 5.89. The highest BCUT2D eigenvalue weighted by molar-refractivity contribution is 9.10. The van der Waals surface area contributed by atoms with Crippen molar-refractivity contribution >= 4 is 27.5 Å². The summed E-state index contributed by atoms with van der Waals surface area (Å²) in [7, 11) is 1.66. The van der Waals surface area contributed by atoms with E-state index in [4.69, 9.17) is 16.3 Å². The molecule has 0 N–H and O–H groups in total. The quantitative estimate of drug-likeness (QED) is 0.697. The first-order chi connectivity index (χ1) is 7.42. The Labute approximate surface area is 111 Å². The first kappa shape index (κ1) is 13.9. The van der Waals surface area contributed by atoms with Crippen molar-refractivity contribution in [2.75, 3.05) is 7.11 Å². The monoisotopic (exact) mass is 304 g/mol. The van der Waals surface area contributed by atoms with Gasteiger partial charge in [0.15, 0.2) is 0 Å². The highest BCUT2D eigenvalue weighted by atomic mass is 79.9. The molecule has 0 radical (unpaired) electrons. The van der Waals surface area contributed by atoms with Gasteiger partial charge in [-0.1, -0.05) is 26.8 Å². The van der Waals surface area contributed by atoms with Crippen LogP contribution in [0, 0.1) is 5.41 Å². The lowest BCUT2D eigenvalue weighted by molar-refractivity contribution is 0.336. The maximum Gasteiger partial charge on any atom is 0.133 e. The zero-order valence-electron chi connectivity index (χ0n) is 10.2. The number of hydrogen-bond donors (Lipinski definition) is 0. The van der Waals surface area contributed by atoms with Gasteiger partial charge in [0.1, 0.15) is 5.75 Å². The second-order valence-electron chi connectivity index (χ2n) is 4.60. The molecule has 0 saturated carbocycles. The summed E-state index contributed by atoms with van der Waals surface area (Å²) in [6.07, 6.45) is 1.05. The number of methoxy groups -OCH3 is 1. The fraction of sp³-hybridized carbons (Fsp3) is 0.538. The van der Waals surface area contributed by atoms with Gasteiger partial charge in [0.25, 0.3) is 0 Å². The summed E-state index contributed by atoms with van der Waals surface area (Å²) < 4.78 is 6.15. The molecule has 0 aromatic heterocycles. The van der Waals surface area contributed by atoms with E-state index in [-0.39, 0.29) is 10.8 Å². The predicted octanol–water partition coefficient (Wildman–Crippen LogP) is 5.17. The van der Waals surface area contributed by atoms with Gasteiger partial charge in [-0.15, -0.1) is 11.6 Å². The molecule has 1 aromatic rings. The van der Waals surface area contributed by atoms with E-state index in [0.29, 0.717) is 0 Å². The predicted molar refractivity (Wildman–Crippen MR) is 73.4 cm³/mol. The SMILES string of the molecule is CCC(C)(C)C(Cl)c1ccc(OC)c(Br)c1. The van der Waals surface area contributed by atoms with Crippen molar-refractivity contribution in [3.05, 3.63) is 28.2 Å². The Balaban J connectivity index is 3.02. The molecule has 0 fully saturated rings. The van der Waals surface area contributed by atoms with Gasteiger partial charge >= 0.3 is 0 Å². The van der Waals surface area contributed by atoms with Gasteiger partial charge < -0.3 is 4.74 Å². The lowest BCUT2D eigenvalue weighted by Crippen LogP contribution is -2.16. The molecule has 90 valence electrons. The fourth-order valence-electron chi connectivity index (χ4n) is 1.47. The summed E-state index contributed by atoms with van der Waals surface area (Å²) in [6, 6.07) is 6.01. The van der Waals surface area contributed by atoms with Crippen LogP contribution in [0.5, 0.6) is 5.75 Å². The highest BCUT2D eigenvalue weighted by Crippen LogP contribution is 2.42. The summed E-state index contributed by atoms with van der Waals surface area (Å²) >= 11 is 9.98. The van der Waals surface area contributed by atoms with Gasteiger partial charge in [0.05, 0.1) is 17.0 Å². The molecule has 1 aromatic carbocycles. The number of alkyl halides is 1. The normalized spacial score (nSPS) is 13.6. The maximum atomic E-state index is 6.50. The minimum atomic E-state index is 0.0136. The number of halogens is 2. The molecule has 3 heteroatoms. The lowest BCUT2D eigenvalue weighted by atomic mass is 9.83. The Kier molecular flexibility index (Phi) is 4.69. The van der Waals surface area contributed by atoms with Gasteiger partial charge in [-0.05, 0) is 45.5 Å². The Hall–Kier alpha value is -0.210. The van der Waals surface area contributed by atoms with Crippen molar-refractivity contribution in [2.45, 2.75) is 32.6 Å². The second kappa shape index (κ2) is 5.42. The summed E-state index contributed by atoms with van der Waals surface area (Å²) in [5, 5.41) is 0.0136. The first-order valence-electron chi connectivity index (χ1n) is 5.40. The van der Waals surface area contributed by atoms with E-state index in [2.05, 4.69) is 36.7 Å². The number of benzene rings is 1. The van der Waals surface area contributed by atoms with E-state index < -0.39 is 0 Å². The molecular formula is C13H18BrClO. The van der Waals surface area contributed by atoms with Crippen LogP contribution in [-0.4, -0.2) is 7.11 Å². The van der Waals surface area contributed by atoms with E-state index in [0.717, 1.165) is 22.2 Å². The largest absolute Gasteiger partial charge is 0.496 e. The average molecular weight is 306 g/mol. The topological polar surface area (TPSA) is 9.23 Å². The van der Waals surface area contributed by atoms with Crippen LogP contribution >= 0.6 is 27.5 Å². The van der Waals surface area contributed by atoms with E-state index in [1.165, 1.54) is 0 Å². The Morgan fingerprint density at radius 1 is 1.44 bits per heavy atom. The van der Waals surface area contributed by atoms with Crippen LogP contribution in [0.25, 0.3) is 0 Å². The molecule has 0 aliphatic rings.